The van der Waals surface area contributed by atoms with E-state index < -0.39 is 0 Å². The van der Waals surface area contributed by atoms with Crippen molar-refractivity contribution in [1.29, 1.82) is 0 Å². The topological polar surface area (TPSA) is 30.7 Å². The number of hydrogen-bond acceptors (Lipinski definition) is 2. The molecule has 0 fully saturated rings. The molecule has 5 aromatic rings. The van der Waals surface area contributed by atoms with Gasteiger partial charge in [0, 0.05) is 33.6 Å². The highest BCUT2D eigenvalue weighted by Gasteiger charge is 2.40. The number of para-hydroxylation sites is 1. The van der Waals surface area contributed by atoms with Gasteiger partial charge in [-0.05, 0) is 35.4 Å². The van der Waals surface area contributed by atoms with Crippen LogP contribution in [-0.4, -0.2) is 14.5 Å². The molecule has 3 heteroatoms. The Balaban J connectivity index is 1.78. The molecule has 0 unspecified atom stereocenters. The van der Waals surface area contributed by atoms with Crippen LogP contribution < -0.4 is 0 Å². The van der Waals surface area contributed by atoms with E-state index in [-0.39, 0.29) is 5.41 Å². The summed E-state index contributed by atoms with van der Waals surface area (Å²) in [6.45, 7) is 4.67. The molecule has 6 rings (SSSR count). The molecule has 0 saturated heterocycles. The number of rotatable bonds is 1. The second kappa shape index (κ2) is 5.29. The number of fused-ring (bicyclic) bond motifs is 6. The molecule has 3 nitrogen and oxygen atoms in total. The lowest BCUT2D eigenvalue weighted by molar-refractivity contribution is 0.666. The van der Waals surface area contributed by atoms with Crippen LogP contribution >= 0.6 is 0 Å². The first kappa shape index (κ1) is 15.6. The fraction of sp³-hybridized carbons (Fsp3) is 0.120. The first-order valence-corrected chi connectivity index (χ1v) is 9.60. The summed E-state index contributed by atoms with van der Waals surface area (Å²) in [5, 5.41) is 2.38. The predicted molar refractivity (Wildman–Crippen MR) is 114 cm³/mol. The third kappa shape index (κ3) is 1.88. The molecule has 1 aliphatic carbocycles. The van der Waals surface area contributed by atoms with E-state index in [4.69, 9.17) is 0 Å². The molecule has 1 aliphatic rings. The highest BCUT2D eigenvalue weighted by atomic mass is 15.0. The van der Waals surface area contributed by atoms with Gasteiger partial charge in [-0.25, -0.2) is 9.97 Å². The van der Waals surface area contributed by atoms with E-state index in [1.165, 1.54) is 33.3 Å². The third-order valence-corrected chi connectivity index (χ3v) is 6.10. The maximum Gasteiger partial charge on any atom is 0.116 e. The van der Waals surface area contributed by atoms with Crippen LogP contribution in [-0.2, 0) is 5.41 Å². The van der Waals surface area contributed by atoms with Crippen LogP contribution in [0.2, 0.25) is 0 Å². The van der Waals surface area contributed by atoms with E-state index in [9.17, 15) is 0 Å². The Morgan fingerprint density at radius 1 is 0.893 bits per heavy atom. The van der Waals surface area contributed by atoms with Crippen molar-refractivity contribution in [3.63, 3.8) is 0 Å². The Labute approximate surface area is 163 Å². The minimum Gasteiger partial charge on any atom is -0.309 e. The van der Waals surface area contributed by atoms with Gasteiger partial charge >= 0.3 is 0 Å². The number of aromatic nitrogens is 3. The van der Waals surface area contributed by atoms with Crippen LogP contribution in [0, 0.1) is 0 Å². The van der Waals surface area contributed by atoms with Gasteiger partial charge in [0.15, 0.2) is 0 Å². The lowest BCUT2D eigenvalue weighted by Crippen LogP contribution is -2.14. The van der Waals surface area contributed by atoms with Crippen molar-refractivity contribution in [1.82, 2.24) is 14.5 Å². The van der Waals surface area contributed by atoms with Crippen molar-refractivity contribution in [2.75, 3.05) is 0 Å². The molecule has 3 aromatic carbocycles. The van der Waals surface area contributed by atoms with E-state index in [0.29, 0.717) is 0 Å². The maximum atomic E-state index is 4.38. The number of nitrogens with zero attached hydrogens (tertiary/aromatic N) is 3. The van der Waals surface area contributed by atoms with Crippen LogP contribution in [0.5, 0.6) is 0 Å². The van der Waals surface area contributed by atoms with Crippen LogP contribution in [0.4, 0.5) is 0 Å². The van der Waals surface area contributed by atoms with Crippen molar-refractivity contribution in [2.45, 2.75) is 19.3 Å². The van der Waals surface area contributed by atoms with Gasteiger partial charge in [-0.1, -0.05) is 56.3 Å². The molecular formula is C25H19N3. The molecule has 0 radical (unpaired) electrons. The summed E-state index contributed by atoms with van der Waals surface area (Å²) in [6, 6.07) is 24.0. The van der Waals surface area contributed by atoms with Crippen molar-refractivity contribution < 1.29 is 0 Å². The van der Waals surface area contributed by atoms with Crippen LogP contribution in [0.1, 0.15) is 25.0 Å². The maximum absolute atomic E-state index is 4.38. The van der Waals surface area contributed by atoms with Gasteiger partial charge in [0.2, 0.25) is 0 Å². The number of hydrogen-bond donors (Lipinski definition) is 0. The lowest BCUT2D eigenvalue weighted by atomic mass is 9.81. The molecule has 134 valence electrons. The normalized spacial score (nSPS) is 14.4. The Morgan fingerprint density at radius 3 is 2.64 bits per heavy atom. The zero-order valence-electron chi connectivity index (χ0n) is 15.8. The second-order valence-corrected chi connectivity index (χ2v) is 8.01. The van der Waals surface area contributed by atoms with Gasteiger partial charge in [-0.15, -0.1) is 0 Å². The molecule has 0 N–H and O–H groups in total. The highest BCUT2D eigenvalue weighted by Crippen LogP contribution is 2.53. The van der Waals surface area contributed by atoms with Gasteiger partial charge in [-0.3, -0.25) is 0 Å². The minimum atomic E-state index is -0.0310. The zero-order valence-corrected chi connectivity index (χ0v) is 15.8. The third-order valence-electron chi connectivity index (χ3n) is 6.10. The molecule has 0 bridgehead atoms. The SMILES string of the molecule is CC1(C)c2ccccc2-c2c1c1ccccc1n2-c1ccc2ncncc2c1. The van der Waals surface area contributed by atoms with Crippen molar-refractivity contribution in [3.8, 4) is 16.9 Å². The Kier molecular flexibility index (Phi) is 2.95. The van der Waals surface area contributed by atoms with Crippen molar-refractivity contribution >= 4 is 21.8 Å². The zero-order chi connectivity index (χ0) is 18.9. The molecule has 0 spiro atoms. The summed E-state index contributed by atoms with van der Waals surface area (Å²) >= 11 is 0. The van der Waals surface area contributed by atoms with Crippen LogP contribution in [0.15, 0.2) is 79.3 Å². The quantitative estimate of drug-likeness (QED) is 0.373. The van der Waals surface area contributed by atoms with E-state index in [1.54, 1.807) is 6.33 Å². The van der Waals surface area contributed by atoms with E-state index >= 15 is 0 Å². The summed E-state index contributed by atoms with van der Waals surface area (Å²) in [7, 11) is 0. The lowest BCUT2D eigenvalue weighted by Gasteiger charge is -2.21. The standard InChI is InChI=1S/C25H19N3/c1-25(2)20-9-5-3-7-18(20)24-23(25)19-8-4-6-10-22(19)28(24)17-11-12-21-16(13-17)14-26-15-27-21/h3-15H,1-2H3. The molecule has 28 heavy (non-hydrogen) atoms. The molecule has 2 heterocycles. The van der Waals surface area contributed by atoms with E-state index in [1.807, 2.05) is 6.20 Å². The van der Waals surface area contributed by atoms with Gasteiger partial charge < -0.3 is 4.57 Å². The molecular weight excluding hydrogens is 342 g/mol. The summed E-state index contributed by atoms with van der Waals surface area (Å²) in [5.41, 5.74) is 8.75. The van der Waals surface area contributed by atoms with Crippen LogP contribution in [0.3, 0.4) is 0 Å². The predicted octanol–water partition coefficient (Wildman–Crippen LogP) is 5.88. The van der Waals surface area contributed by atoms with E-state index in [0.717, 1.165) is 16.6 Å². The smallest absolute Gasteiger partial charge is 0.116 e. The van der Waals surface area contributed by atoms with Gasteiger partial charge in [-0.2, -0.15) is 0 Å². The van der Waals surface area contributed by atoms with Crippen molar-refractivity contribution in [2.24, 2.45) is 0 Å². The average Bonchev–Trinajstić information content (AvgIpc) is 3.19. The van der Waals surface area contributed by atoms with E-state index in [2.05, 4.69) is 95.1 Å². The summed E-state index contributed by atoms with van der Waals surface area (Å²) in [5.74, 6) is 0. The van der Waals surface area contributed by atoms with Gasteiger partial charge in [0.1, 0.15) is 6.33 Å². The first-order valence-electron chi connectivity index (χ1n) is 9.60. The summed E-state index contributed by atoms with van der Waals surface area (Å²) in [6.07, 6.45) is 3.49. The molecule has 2 aromatic heterocycles. The second-order valence-electron chi connectivity index (χ2n) is 8.01. The Bertz CT molecular complexity index is 1390. The molecule has 0 saturated carbocycles. The Hall–Kier alpha value is -3.46. The first-order chi connectivity index (χ1) is 13.7. The average molecular weight is 361 g/mol. The molecule has 0 amide bonds. The summed E-state index contributed by atoms with van der Waals surface area (Å²) in [4.78, 5) is 8.59. The fourth-order valence-electron chi connectivity index (χ4n) is 4.88. The van der Waals surface area contributed by atoms with Crippen LogP contribution in [0.25, 0.3) is 38.8 Å². The molecule has 0 aliphatic heterocycles. The number of benzene rings is 3. The van der Waals surface area contributed by atoms with Gasteiger partial charge in [0.25, 0.3) is 0 Å². The van der Waals surface area contributed by atoms with Crippen molar-refractivity contribution in [3.05, 3.63) is 90.4 Å². The largest absolute Gasteiger partial charge is 0.309 e. The Morgan fingerprint density at radius 2 is 1.71 bits per heavy atom. The fourth-order valence-corrected chi connectivity index (χ4v) is 4.88. The van der Waals surface area contributed by atoms with Gasteiger partial charge in [0.05, 0.1) is 16.7 Å². The summed E-state index contributed by atoms with van der Waals surface area (Å²) < 4.78 is 2.41. The molecule has 0 atom stereocenters. The minimum absolute atomic E-state index is 0.0310. The highest BCUT2D eigenvalue weighted by molar-refractivity contribution is 5.99. The monoisotopic (exact) mass is 361 g/mol.